The van der Waals surface area contributed by atoms with Crippen LogP contribution in [0.2, 0.25) is 0 Å². The summed E-state index contributed by atoms with van der Waals surface area (Å²) in [5.41, 5.74) is 0.509. The molecule has 0 bridgehead atoms. The Morgan fingerprint density at radius 2 is 1.68 bits per heavy atom. The van der Waals surface area contributed by atoms with Crippen molar-refractivity contribution in [2.24, 2.45) is 5.92 Å². The van der Waals surface area contributed by atoms with E-state index in [1.165, 1.54) is 44.1 Å². The zero-order valence-electron chi connectivity index (χ0n) is 22.4. The molecule has 38 heavy (non-hydrogen) atoms. The third-order valence-corrected chi connectivity index (χ3v) is 10.2. The molecule has 2 amide bonds. The van der Waals surface area contributed by atoms with Gasteiger partial charge < -0.3 is 15.0 Å². The molecule has 204 valence electrons. The average molecular weight is 536 g/mol. The molecule has 3 heterocycles. The van der Waals surface area contributed by atoms with Crippen molar-refractivity contribution in [3.8, 4) is 5.75 Å². The number of nitrogens with zero attached hydrogens (tertiary/aromatic N) is 2. The Hall–Kier alpha value is -2.38. The molecule has 1 aromatic carbocycles. The fourth-order valence-corrected chi connectivity index (χ4v) is 7.46. The second-order valence-corrected chi connectivity index (χ2v) is 12.9. The van der Waals surface area contributed by atoms with Gasteiger partial charge in [0.1, 0.15) is 17.3 Å². The highest BCUT2D eigenvalue weighted by atomic mass is 32.1. The fourth-order valence-electron chi connectivity index (χ4n) is 6.77. The summed E-state index contributed by atoms with van der Waals surface area (Å²) in [5.74, 6) is 1.69. The Bertz CT molecular complexity index is 1080. The number of thiophene rings is 1. The molecule has 6 nitrogen and oxygen atoms in total. The molecule has 4 aliphatic rings. The van der Waals surface area contributed by atoms with E-state index in [1.807, 2.05) is 11.0 Å². The van der Waals surface area contributed by atoms with Crippen LogP contribution in [0.1, 0.15) is 81.1 Å². The molecular weight excluding hydrogens is 494 g/mol. The van der Waals surface area contributed by atoms with Gasteiger partial charge in [-0.15, -0.1) is 11.3 Å². The molecule has 6 rings (SSSR count). The molecule has 2 saturated carbocycles. The number of likely N-dealkylation sites (tertiary alicyclic amines) is 1. The minimum absolute atomic E-state index is 0.0617. The highest BCUT2D eigenvalue weighted by molar-refractivity contribution is 7.09. The lowest BCUT2D eigenvalue weighted by Gasteiger charge is -2.52. The van der Waals surface area contributed by atoms with Gasteiger partial charge in [0, 0.05) is 24.5 Å². The maximum atomic E-state index is 13.9. The van der Waals surface area contributed by atoms with E-state index in [-0.39, 0.29) is 17.9 Å². The zero-order valence-corrected chi connectivity index (χ0v) is 23.2. The van der Waals surface area contributed by atoms with E-state index in [0.29, 0.717) is 31.4 Å². The highest BCUT2D eigenvalue weighted by Crippen LogP contribution is 2.37. The van der Waals surface area contributed by atoms with Crippen molar-refractivity contribution in [1.82, 2.24) is 15.1 Å². The van der Waals surface area contributed by atoms with E-state index in [2.05, 4.69) is 45.9 Å². The molecule has 7 heteroatoms. The minimum atomic E-state index is -0.749. The van der Waals surface area contributed by atoms with Crippen LogP contribution < -0.4 is 10.1 Å². The lowest BCUT2D eigenvalue weighted by Crippen LogP contribution is -2.72. The van der Waals surface area contributed by atoms with Gasteiger partial charge in [-0.25, -0.2) is 0 Å². The quantitative estimate of drug-likeness (QED) is 0.484. The predicted octanol–water partition coefficient (Wildman–Crippen LogP) is 5.51. The molecule has 2 aliphatic carbocycles. The van der Waals surface area contributed by atoms with Crippen molar-refractivity contribution >= 4 is 23.2 Å². The second-order valence-electron chi connectivity index (χ2n) is 11.9. The van der Waals surface area contributed by atoms with Crippen LogP contribution in [0.3, 0.4) is 0 Å². The Kier molecular flexibility index (Phi) is 7.75. The van der Waals surface area contributed by atoms with Gasteiger partial charge in [-0.05, 0) is 73.6 Å². The van der Waals surface area contributed by atoms with Gasteiger partial charge in [-0.3, -0.25) is 14.5 Å². The Balaban J connectivity index is 1.12. The molecule has 1 unspecified atom stereocenters. The minimum Gasteiger partial charge on any atom is -0.490 e. The van der Waals surface area contributed by atoms with E-state index in [1.54, 1.807) is 11.3 Å². The SMILES string of the molecule is O=C1C(CC2CCCCC2)NC(=O)C2(CCN(Cc3ccc(OC4CCC4)cc3)CC2)N1Cc1cccs1. The molecule has 2 aliphatic heterocycles. The van der Waals surface area contributed by atoms with Crippen LogP contribution >= 0.6 is 11.3 Å². The monoisotopic (exact) mass is 535 g/mol. The summed E-state index contributed by atoms with van der Waals surface area (Å²) in [6.07, 6.45) is 12.3. The van der Waals surface area contributed by atoms with Crippen molar-refractivity contribution in [2.45, 2.75) is 101 Å². The number of hydrogen-bond donors (Lipinski definition) is 1. The van der Waals surface area contributed by atoms with E-state index >= 15 is 0 Å². The summed E-state index contributed by atoms with van der Waals surface area (Å²) < 4.78 is 6.01. The topological polar surface area (TPSA) is 61.9 Å². The standard InChI is InChI=1S/C31H41N3O3S/c35-29-28(20-23-6-2-1-3-7-23)32-30(36)31(34(29)22-27-10-5-19-38-27)15-17-33(18-16-31)21-24-11-13-26(14-12-24)37-25-8-4-9-25/h5,10-14,19,23,25,28H,1-4,6-9,15-18,20-22H2,(H,32,36). The number of hydrogen-bond acceptors (Lipinski definition) is 5. The number of piperidine rings is 1. The second kappa shape index (κ2) is 11.4. The summed E-state index contributed by atoms with van der Waals surface area (Å²) >= 11 is 1.67. The number of carbonyl (C=O) groups is 2. The molecule has 1 spiro atoms. The van der Waals surface area contributed by atoms with Gasteiger partial charge in [-0.1, -0.05) is 50.3 Å². The van der Waals surface area contributed by atoms with Gasteiger partial charge in [0.15, 0.2) is 0 Å². The number of amides is 2. The predicted molar refractivity (Wildman–Crippen MR) is 150 cm³/mol. The number of piperazine rings is 1. The fraction of sp³-hybridized carbons (Fsp3) is 0.613. The lowest BCUT2D eigenvalue weighted by molar-refractivity contribution is -0.162. The van der Waals surface area contributed by atoms with Crippen molar-refractivity contribution in [1.29, 1.82) is 0 Å². The highest BCUT2D eigenvalue weighted by Gasteiger charge is 2.53. The molecule has 1 N–H and O–H groups in total. The third-order valence-electron chi connectivity index (χ3n) is 9.36. The molecular formula is C31H41N3O3S. The van der Waals surface area contributed by atoms with Gasteiger partial charge in [0.25, 0.3) is 0 Å². The lowest BCUT2D eigenvalue weighted by atomic mass is 9.79. The van der Waals surface area contributed by atoms with Crippen molar-refractivity contribution in [2.75, 3.05) is 13.1 Å². The van der Waals surface area contributed by atoms with E-state index in [4.69, 9.17) is 4.74 Å². The first-order valence-electron chi connectivity index (χ1n) is 14.7. The van der Waals surface area contributed by atoms with Crippen LogP contribution in [0.5, 0.6) is 5.75 Å². The van der Waals surface area contributed by atoms with Gasteiger partial charge in [-0.2, -0.15) is 0 Å². The Labute approximate surface area is 230 Å². The summed E-state index contributed by atoms with van der Waals surface area (Å²) in [6, 6.07) is 12.2. The van der Waals surface area contributed by atoms with Crippen molar-refractivity contribution < 1.29 is 14.3 Å². The molecule has 0 radical (unpaired) electrons. The van der Waals surface area contributed by atoms with Crippen LogP contribution in [0.4, 0.5) is 0 Å². The first-order valence-corrected chi connectivity index (χ1v) is 15.6. The van der Waals surface area contributed by atoms with Gasteiger partial charge >= 0.3 is 0 Å². The van der Waals surface area contributed by atoms with Gasteiger partial charge in [0.05, 0.1) is 12.6 Å². The third kappa shape index (κ3) is 5.50. The number of ether oxygens (including phenoxy) is 1. The first-order chi connectivity index (χ1) is 18.6. The largest absolute Gasteiger partial charge is 0.490 e. The number of rotatable bonds is 8. The van der Waals surface area contributed by atoms with Crippen LogP contribution in [-0.2, 0) is 22.7 Å². The summed E-state index contributed by atoms with van der Waals surface area (Å²) in [7, 11) is 0. The van der Waals surface area contributed by atoms with E-state index < -0.39 is 5.54 Å². The molecule has 2 aromatic rings. The van der Waals surface area contributed by atoms with Crippen LogP contribution in [0, 0.1) is 5.92 Å². The molecule has 2 saturated heterocycles. The van der Waals surface area contributed by atoms with Crippen molar-refractivity contribution in [3.05, 3.63) is 52.2 Å². The van der Waals surface area contributed by atoms with E-state index in [9.17, 15) is 9.59 Å². The number of nitrogens with one attached hydrogen (secondary N) is 1. The molecule has 1 atom stereocenters. The number of carbonyl (C=O) groups excluding carboxylic acids is 2. The van der Waals surface area contributed by atoms with Crippen LogP contribution in [0.25, 0.3) is 0 Å². The zero-order chi connectivity index (χ0) is 26.0. The van der Waals surface area contributed by atoms with Crippen molar-refractivity contribution in [3.63, 3.8) is 0 Å². The van der Waals surface area contributed by atoms with Gasteiger partial charge in [0.2, 0.25) is 11.8 Å². The van der Waals surface area contributed by atoms with Crippen LogP contribution in [0.15, 0.2) is 41.8 Å². The normalized spacial score (nSPS) is 24.8. The maximum Gasteiger partial charge on any atom is 0.246 e. The maximum absolute atomic E-state index is 13.9. The first kappa shape index (κ1) is 25.9. The Morgan fingerprint density at radius 3 is 2.34 bits per heavy atom. The Morgan fingerprint density at radius 1 is 0.921 bits per heavy atom. The smallest absolute Gasteiger partial charge is 0.246 e. The summed E-state index contributed by atoms with van der Waals surface area (Å²) in [5, 5.41) is 5.28. The average Bonchev–Trinajstić information content (AvgIpc) is 3.43. The summed E-state index contributed by atoms with van der Waals surface area (Å²) in [4.78, 5) is 33.3. The number of benzene rings is 1. The molecule has 4 fully saturated rings. The molecule has 1 aromatic heterocycles. The van der Waals surface area contributed by atoms with Crippen LogP contribution in [-0.4, -0.2) is 52.4 Å². The summed E-state index contributed by atoms with van der Waals surface area (Å²) in [6.45, 7) is 2.99. The van der Waals surface area contributed by atoms with E-state index in [0.717, 1.165) is 49.5 Å².